The van der Waals surface area contributed by atoms with Crippen molar-refractivity contribution in [1.29, 1.82) is 0 Å². The van der Waals surface area contributed by atoms with Crippen LogP contribution < -0.4 is 15.2 Å². The molecule has 108 valence electrons. The third-order valence-corrected chi connectivity index (χ3v) is 3.56. The molecule has 0 saturated carbocycles. The maximum Gasteiger partial charge on any atom is 0.122 e. The maximum absolute atomic E-state index is 5.59. The van der Waals surface area contributed by atoms with Crippen LogP contribution in [0.15, 0.2) is 18.2 Å². The predicted octanol–water partition coefficient (Wildman–Crippen LogP) is 1.92. The third kappa shape index (κ3) is 4.73. The van der Waals surface area contributed by atoms with E-state index in [1.807, 2.05) is 18.2 Å². The summed E-state index contributed by atoms with van der Waals surface area (Å²) < 4.78 is 10.7. The molecular weight excluding hydrogens is 240 g/mol. The standard InChI is InChI=1S/C15H26N2O2/c1-12(7-9-16)17(2)10-8-13-11-14(18-3)5-6-15(13)19-4/h5-6,11-12H,7-10,16H2,1-4H3. The molecule has 0 spiro atoms. The molecule has 1 unspecified atom stereocenters. The highest BCUT2D eigenvalue weighted by Crippen LogP contribution is 2.24. The highest BCUT2D eigenvalue weighted by molar-refractivity contribution is 5.40. The molecule has 0 radical (unpaired) electrons. The summed E-state index contributed by atoms with van der Waals surface area (Å²) in [5.41, 5.74) is 6.77. The van der Waals surface area contributed by atoms with Gasteiger partial charge in [0.2, 0.25) is 0 Å². The number of nitrogens with zero attached hydrogens (tertiary/aromatic N) is 1. The van der Waals surface area contributed by atoms with E-state index >= 15 is 0 Å². The number of nitrogens with two attached hydrogens (primary N) is 1. The van der Waals surface area contributed by atoms with E-state index in [0.29, 0.717) is 6.04 Å². The van der Waals surface area contributed by atoms with Crippen LogP contribution in [-0.2, 0) is 6.42 Å². The highest BCUT2D eigenvalue weighted by Gasteiger charge is 2.10. The van der Waals surface area contributed by atoms with Gasteiger partial charge in [0.15, 0.2) is 0 Å². The minimum absolute atomic E-state index is 0.501. The first-order chi connectivity index (χ1) is 9.12. The lowest BCUT2D eigenvalue weighted by Gasteiger charge is -2.24. The van der Waals surface area contributed by atoms with E-state index in [2.05, 4.69) is 18.9 Å². The quantitative estimate of drug-likeness (QED) is 0.781. The van der Waals surface area contributed by atoms with Crippen LogP contribution in [0.4, 0.5) is 0 Å². The molecule has 1 atom stereocenters. The van der Waals surface area contributed by atoms with Gasteiger partial charge < -0.3 is 20.1 Å². The molecule has 0 aliphatic carbocycles. The predicted molar refractivity (Wildman–Crippen MR) is 79.0 cm³/mol. The molecule has 0 fully saturated rings. The van der Waals surface area contributed by atoms with Crippen LogP contribution in [0.2, 0.25) is 0 Å². The van der Waals surface area contributed by atoms with Gasteiger partial charge in [-0.15, -0.1) is 0 Å². The van der Waals surface area contributed by atoms with Gasteiger partial charge in [-0.1, -0.05) is 0 Å². The zero-order valence-corrected chi connectivity index (χ0v) is 12.5. The van der Waals surface area contributed by atoms with E-state index in [1.54, 1.807) is 14.2 Å². The summed E-state index contributed by atoms with van der Waals surface area (Å²) in [6, 6.07) is 6.42. The Kier molecular flexibility index (Phi) is 6.67. The number of hydrogen-bond acceptors (Lipinski definition) is 4. The van der Waals surface area contributed by atoms with Crippen molar-refractivity contribution in [3.05, 3.63) is 23.8 Å². The Labute approximate surface area is 116 Å². The van der Waals surface area contributed by atoms with Gasteiger partial charge in [0.25, 0.3) is 0 Å². The molecule has 0 amide bonds. The van der Waals surface area contributed by atoms with Gasteiger partial charge in [0, 0.05) is 12.6 Å². The fourth-order valence-corrected chi connectivity index (χ4v) is 2.06. The Hall–Kier alpha value is -1.26. The van der Waals surface area contributed by atoms with Crippen LogP contribution in [0, 0.1) is 0 Å². The largest absolute Gasteiger partial charge is 0.497 e. The summed E-state index contributed by atoms with van der Waals surface area (Å²) in [6.07, 6.45) is 1.96. The first-order valence-electron chi connectivity index (χ1n) is 6.73. The summed E-state index contributed by atoms with van der Waals surface area (Å²) in [7, 11) is 5.51. The van der Waals surface area contributed by atoms with Crippen LogP contribution in [0.25, 0.3) is 0 Å². The summed E-state index contributed by atoms with van der Waals surface area (Å²) in [4.78, 5) is 2.33. The van der Waals surface area contributed by atoms with Crippen LogP contribution in [-0.4, -0.2) is 45.3 Å². The Morgan fingerprint density at radius 3 is 2.58 bits per heavy atom. The van der Waals surface area contributed by atoms with Gasteiger partial charge in [0.1, 0.15) is 11.5 Å². The SMILES string of the molecule is COc1ccc(OC)c(CCN(C)C(C)CCN)c1. The van der Waals surface area contributed by atoms with E-state index in [0.717, 1.165) is 37.4 Å². The second-order valence-corrected chi connectivity index (χ2v) is 4.83. The van der Waals surface area contributed by atoms with E-state index in [1.165, 1.54) is 5.56 Å². The van der Waals surface area contributed by atoms with Crippen molar-refractivity contribution in [3.8, 4) is 11.5 Å². The molecule has 0 heterocycles. The topological polar surface area (TPSA) is 47.7 Å². The fraction of sp³-hybridized carbons (Fsp3) is 0.600. The summed E-state index contributed by atoms with van der Waals surface area (Å²) >= 11 is 0. The number of methoxy groups -OCH3 is 2. The lowest BCUT2D eigenvalue weighted by Crippen LogP contribution is -2.32. The number of ether oxygens (including phenoxy) is 2. The molecule has 0 aliphatic heterocycles. The van der Waals surface area contributed by atoms with Crippen molar-refractivity contribution < 1.29 is 9.47 Å². The molecule has 4 heteroatoms. The van der Waals surface area contributed by atoms with Crippen molar-refractivity contribution >= 4 is 0 Å². The van der Waals surface area contributed by atoms with Gasteiger partial charge in [-0.3, -0.25) is 0 Å². The molecule has 0 aromatic heterocycles. The fourth-order valence-electron chi connectivity index (χ4n) is 2.06. The van der Waals surface area contributed by atoms with Crippen molar-refractivity contribution in [1.82, 2.24) is 4.90 Å². The first-order valence-corrected chi connectivity index (χ1v) is 6.73. The lowest BCUT2D eigenvalue weighted by molar-refractivity contribution is 0.250. The molecule has 0 bridgehead atoms. The zero-order chi connectivity index (χ0) is 14.3. The van der Waals surface area contributed by atoms with Gasteiger partial charge in [0.05, 0.1) is 14.2 Å². The summed E-state index contributed by atoms with van der Waals surface area (Å²) in [5, 5.41) is 0. The van der Waals surface area contributed by atoms with Crippen LogP contribution >= 0.6 is 0 Å². The number of rotatable bonds is 8. The Morgan fingerprint density at radius 2 is 2.00 bits per heavy atom. The number of benzene rings is 1. The number of likely N-dealkylation sites (N-methyl/N-ethyl adjacent to an activating group) is 1. The molecule has 0 aliphatic rings. The Morgan fingerprint density at radius 1 is 1.26 bits per heavy atom. The minimum atomic E-state index is 0.501. The average molecular weight is 266 g/mol. The molecule has 2 N–H and O–H groups in total. The highest BCUT2D eigenvalue weighted by atomic mass is 16.5. The lowest BCUT2D eigenvalue weighted by atomic mass is 10.1. The number of hydrogen-bond donors (Lipinski definition) is 1. The Bertz CT molecular complexity index is 382. The second-order valence-electron chi connectivity index (χ2n) is 4.83. The van der Waals surface area contributed by atoms with Crippen LogP contribution in [0.1, 0.15) is 18.9 Å². The molecule has 1 aromatic carbocycles. The Balaban J connectivity index is 2.65. The second kappa shape index (κ2) is 8.02. The van der Waals surface area contributed by atoms with Gasteiger partial charge in [-0.05, 0) is 57.1 Å². The molecule has 4 nitrogen and oxygen atoms in total. The van der Waals surface area contributed by atoms with Crippen LogP contribution in [0.3, 0.4) is 0 Å². The van der Waals surface area contributed by atoms with E-state index in [-0.39, 0.29) is 0 Å². The molecule has 1 rings (SSSR count). The first kappa shape index (κ1) is 15.8. The third-order valence-electron chi connectivity index (χ3n) is 3.56. The van der Waals surface area contributed by atoms with Crippen molar-refractivity contribution in [2.45, 2.75) is 25.8 Å². The van der Waals surface area contributed by atoms with Crippen LogP contribution in [0.5, 0.6) is 11.5 Å². The van der Waals surface area contributed by atoms with E-state index in [4.69, 9.17) is 15.2 Å². The molecule has 1 aromatic rings. The minimum Gasteiger partial charge on any atom is -0.497 e. The maximum atomic E-state index is 5.59. The van der Waals surface area contributed by atoms with Crippen molar-refractivity contribution in [2.75, 3.05) is 34.4 Å². The average Bonchev–Trinajstić information content (AvgIpc) is 2.44. The van der Waals surface area contributed by atoms with Crippen molar-refractivity contribution in [2.24, 2.45) is 5.73 Å². The normalized spacial score (nSPS) is 12.5. The van der Waals surface area contributed by atoms with Gasteiger partial charge >= 0.3 is 0 Å². The zero-order valence-electron chi connectivity index (χ0n) is 12.5. The van der Waals surface area contributed by atoms with Crippen molar-refractivity contribution in [3.63, 3.8) is 0 Å². The molecule has 0 saturated heterocycles. The monoisotopic (exact) mass is 266 g/mol. The summed E-state index contributed by atoms with van der Waals surface area (Å²) in [5.74, 6) is 1.79. The van der Waals surface area contributed by atoms with E-state index in [9.17, 15) is 0 Å². The summed E-state index contributed by atoms with van der Waals surface area (Å²) in [6.45, 7) is 3.91. The van der Waals surface area contributed by atoms with E-state index < -0.39 is 0 Å². The van der Waals surface area contributed by atoms with Gasteiger partial charge in [-0.2, -0.15) is 0 Å². The molecule has 19 heavy (non-hydrogen) atoms. The smallest absolute Gasteiger partial charge is 0.122 e. The van der Waals surface area contributed by atoms with Gasteiger partial charge in [-0.25, -0.2) is 0 Å². The molecular formula is C15H26N2O2.